The van der Waals surface area contributed by atoms with Gasteiger partial charge < -0.3 is 14.8 Å². The first kappa shape index (κ1) is 11.9. The number of carbonyl (C=O) groups excluding carboxylic acids is 1. The lowest BCUT2D eigenvalue weighted by atomic mass is 10.1. The van der Waals surface area contributed by atoms with Gasteiger partial charge in [0.15, 0.2) is 12.4 Å². The molecule has 1 aromatic rings. The molecule has 2 heterocycles. The summed E-state index contributed by atoms with van der Waals surface area (Å²) in [6, 6.07) is 3.16. The van der Waals surface area contributed by atoms with Crippen molar-refractivity contribution in [2.45, 2.75) is 26.0 Å². The van der Waals surface area contributed by atoms with Crippen molar-refractivity contribution in [3.8, 4) is 0 Å². The molecular formula is C12H16N2O3. The fraction of sp³-hybridized carbons (Fsp3) is 0.500. The Morgan fingerprint density at radius 1 is 1.47 bits per heavy atom. The van der Waals surface area contributed by atoms with Crippen molar-refractivity contribution in [2.24, 2.45) is 0 Å². The van der Waals surface area contributed by atoms with E-state index in [9.17, 15) is 10.0 Å². The maximum Gasteiger partial charge on any atom is 0.254 e. The van der Waals surface area contributed by atoms with Gasteiger partial charge in [0.1, 0.15) is 0 Å². The first-order valence-corrected chi connectivity index (χ1v) is 5.69. The van der Waals surface area contributed by atoms with Crippen LogP contribution < -0.4 is 4.73 Å². The van der Waals surface area contributed by atoms with Gasteiger partial charge in [-0.3, -0.25) is 4.79 Å². The van der Waals surface area contributed by atoms with Gasteiger partial charge in [0.2, 0.25) is 0 Å². The van der Waals surface area contributed by atoms with Crippen molar-refractivity contribution in [3.63, 3.8) is 0 Å². The van der Waals surface area contributed by atoms with Gasteiger partial charge in [-0.15, -0.1) is 0 Å². The van der Waals surface area contributed by atoms with Gasteiger partial charge >= 0.3 is 0 Å². The van der Waals surface area contributed by atoms with E-state index in [1.54, 1.807) is 17.0 Å². The molecule has 1 saturated heterocycles. The molecule has 0 aromatic carbocycles. The van der Waals surface area contributed by atoms with E-state index in [1.807, 2.05) is 13.8 Å². The number of amides is 1. The second-order valence-electron chi connectivity index (χ2n) is 4.40. The summed E-state index contributed by atoms with van der Waals surface area (Å²) in [5, 5.41) is 10.9. The number of hydrogen-bond donors (Lipinski definition) is 0. The van der Waals surface area contributed by atoms with Crippen molar-refractivity contribution in [3.05, 3.63) is 35.3 Å². The third kappa shape index (κ3) is 2.55. The van der Waals surface area contributed by atoms with Crippen molar-refractivity contribution in [2.75, 3.05) is 13.2 Å². The molecule has 0 saturated carbocycles. The van der Waals surface area contributed by atoms with Crippen LogP contribution in [0.2, 0.25) is 0 Å². The molecule has 2 unspecified atom stereocenters. The summed E-state index contributed by atoms with van der Waals surface area (Å²) >= 11 is 0. The monoisotopic (exact) mass is 236 g/mol. The average molecular weight is 236 g/mol. The zero-order chi connectivity index (χ0) is 12.4. The highest BCUT2D eigenvalue weighted by molar-refractivity contribution is 5.94. The summed E-state index contributed by atoms with van der Waals surface area (Å²) in [5.41, 5.74) is 0.540. The molecule has 0 spiro atoms. The summed E-state index contributed by atoms with van der Waals surface area (Å²) in [6.07, 6.45) is 2.73. The number of carbonyl (C=O) groups is 1. The highest BCUT2D eigenvalue weighted by Gasteiger charge is 2.28. The summed E-state index contributed by atoms with van der Waals surface area (Å²) in [6.45, 7) is 5.05. The van der Waals surface area contributed by atoms with Crippen molar-refractivity contribution < 1.29 is 14.3 Å². The van der Waals surface area contributed by atoms with Crippen LogP contribution in [0.5, 0.6) is 0 Å². The normalized spacial score (nSPS) is 24.7. The lowest BCUT2D eigenvalue weighted by Gasteiger charge is -2.36. The minimum absolute atomic E-state index is 0.0479. The number of hydrogen-bond acceptors (Lipinski definition) is 3. The minimum Gasteiger partial charge on any atom is -0.619 e. The van der Waals surface area contributed by atoms with E-state index in [0.29, 0.717) is 23.4 Å². The quantitative estimate of drug-likeness (QED) is 0.529. The Balaban J connectivity index is 2.15. The molecule has 2 rings (SSSR count). The highest BCUT2D eigenvalue weighted by Crippen LogP contribution is 2.14. The maximum absolute atomic E-state index is 12.2. The van der Waals surface area contributed by atoms with Gasteiger partial charge in [0.25, 0.3) is 5.91 Å². The summed E-state index contributed by atoms with van der Waals surface area (Å²) < 4.78 is 6.15. The Labute approximate surface area is 100 Å². The van der Waals surface area contributed by atoms with Gasteiger partial charge in [-0.25, -0.2) is 0 Å². The van der Waals surface area contributed by atoms with E-state index in [2.05, 4.69) is 0 Å². The van der Waals surface area contributed by atoms with Crippen LogP contribution in [-0.2, 0) is 4.74 Å². The van der Waals surface area contributed by atoms with E-state index in [4.69, 9.17) is 4.74 Å². The number of pyridine rings is 1. The van der Waals surface area contributed by atoms with E-state index in [-0.39, 0.29) is 18.1 Å². The Morgan fingerprint density at radius 2 is 2.12 bits per heavy atom. The molecule has 1 aliphatic heterocycles. The number of ether oxygens (including phenoxy) is 1. The van der Waals surface area contributed by atoms with Gasteiger partial charge in [-0.1, -0.05) is 0 Å². The van der Waals surface area contributed by atoms with Gasteiger partial charge in [-0.2, -0.15) is 4.73 Å². The summed E-state index contributed by atoms with van der Waals surface area (Å²) in [4.78, 5) is 14.0. The molecule has 5 nitrogen and oxygen atoms in total. The second kappa shape index (κ2) is 4.71. The van der Waals surface area contributed by atoms with E-state index >= 15 is 0 Å². The first-order valence-electron chi connectivity index (χ1n) is 5.69. The SMILES string of the molecule is CC1CN(C(=O)c2cc[n+]([O-])cc2)C(C)CO1. The van der Waals surface area contributed by atoms with Crippen LogP contribution in [0.1, 0.15) is 24.2 Å². The van der Waals surface area contributed by atoms with Crippen LogP contribution in [0.3, 0.4) is 0 Å². The van der Waals surface area contributed by atoms with Crippen LogP contribution in [0.25, 0.3) is 0 Å². The van der Waals surface area contributed by atoms with Gasteiger partial charge in [0.05, 0.1) is 24.3 Å². The van der Waals surface area contributed by atoms with Crippen LogP contribution in [-0.4, -0.2) is 36.1 Å². The molecule has 0 aliphatic carbocycles. The summed E-state index contributed by atoms with van der Waals surface area (Å²) in [5.74, 6) is -0.0479. The van der Waals surface area contributed by atoms with Crippen LogP contribution in [0.15, 0.2) is 24.5 Å². The number of aromatic nitrogens is 1. The molecule has 0 bridgehead atoms. The third-order valence-electron chi connectivity index (χ3n) is 2.92. The lowest BCUT2D eigenvalue weighted by molar-refractivity contribution is -0.605. The van der Waals surface area contributed by atoms with Crippen LogP contribution >= 0.6 is 0 Å². The third-order valence-corrected chi connectivity index (χ3v) is 2.92. The predicted octanol–water partition coefficient (Wildman–Crippen LogP) is 0.569. The fourth-order valence-electron chi connectivity index (χ4n) is 1.91. The zero-order valence-corrected chi connectivity index (χ0v) is 10.00. The Morgan fingerprint density at radius 3 is 2.76 bits per heavy atom. The van der Waals surface area contributed by atoms with Gasteiger partial charge in [0, 0.05) is 18.7 Å². The largest absolute Gasteiger partial charge is 0.619 e. The highest BCUT2D eigenvalue weighted by atomic mass is 16.5. The van der Waals surface area contributed by atoms with E-state index in [1.165, 1.54) is 12.4 Å². The molecule has 0 radical (unpaired) electrons. The van der Waals surface area contributed by atoms with Crippen molar-refractivity contribution in [1.82, 2.24) is 4.90 Å². The number of rotatable bonds is 1. The fourth-order valence-corrected chi connectivity index (χ4v) is 1.91. The molecule has 1 aliphatic rings. The molecule has 2 atom stereocenters. The first-order chi connectivity index (χ1) is 8.08. The topological polar surface area (TPSA) is 56.5 Å². The predicted molar refractivity (Wildman–Crippen MR) is 61.3 cm³/mol. The van der Waals surface area contributed by atoms with Crippen LogP contribution in [0, 0.1) is 5.21 Å². The Kier molecular flexibility index (Phi) is 3.28. The van der Waals surface area contributed by atoms with E-state index < -0.39 is 0 Å². The number of nitrogens with zero attached hydrogens (tertiary/aromatic N) is 2. The zero-order valence-electron chi connectivity index (χ0n) is 10.00. The Hall–Kier alpha value is -1.62. The molecule has 92 valence electrons. The molecule has 17 heavy (non-hydrogen) atoms. The van der Waals surface area contributed by atoms with Gasteiger partial charge in [-0.05, 0) is 13.8 Å². The summed E-state index contributed by atoms with van der Waals surface area (Å²) in [7, 11) is 0. The average Bonchev–Trinajstić information content (AvgIpc) is 2.32. The molecular weight excluding hydrogens is 220 g/mol. The standard InChI is InChI=1S/C12H16N2O3/c1-9-8-17-10(2)7-14(9)12(15)11-3-5-13(16)6-4-11/h3-6,9-10H,7-8H2,1-2H3. The molecule has 1 fully saturated rings. The lowest BCUT2D eigenvalue weighted by Crippen LogP contribution is -2.50. The van der Waals surface area contributed by atoms with Crippen molar-refractivity contribution in [1.29, 1.82) is 0 Å². The molecule has 0 N–H and O–H groups in total. The smallest absolute Gasteiger partial charge is 0.254 e. The number of morpholine rings is 1. The molecule has 5 heteroatoms. The second-order valence-corrected chi connectivity index (χ2v) is 4.40. The maximum atomic E-state index is 12.2. The molecule has 1 aromatic heterocycles. The Bertz CT molecular complexity index is 405. The minimum atomic E-state index is -0.0479. The molecule has 1 amide bonds. The van der Waals surface area contributed by atoms with Crippen LogP contribution in [0.4, 0.5) is 0 Å². The van der Waals surface area contributed by atoms with Crippen molar-refractivity contribution >= 4 is 5.91 Å². The van der Waals surface area contributed by atoms with E-state index in [0.717, 1.165) is 0 Å².